The molecule has 0 aliphatic carbocycles. The van der Waals surface area contributed by atoms with E-state index in [9.17, 15) is 0 Å². The molecule has 5 rings (SSSR count). The number of hydrogen-bond donors (Lipinski definition) is 3. The van der Waals surface area contributed by atoms with Crippen LogP contribution in [0.15, 0.2) is 61.1 Å². The van der Waals surface area contributed by atoms with E-state index in [1.807, 2.05) is 35.0 Å². The molecule has 4 aromatic rings. The SMILES string of the molecule is CCN1CCN(c2ccc(Nc3nc(-c4ccc(C=N)c(N)c4)cn4ccnc34)cc2)CC1. The molecular weight excluding hydrogens is 412 g/mol. The summed E-state index contributed by atoms with van der Waals surface area (Å²) in [5.41, 5.74) is 12.0. The third-order valence-corrected chi connectivity index (χ3v) is 6.23. The normalized spacial score (nSPS) is 14.5. The molecule has 33 heavy (non-hydrogen) atoms. The molecule has 1 aliphatic rings. The molecule has 8 nitrogen and oxygen atoms in total. The predicted octanol–water partition coefficient (Wildman–Crippen LogP) is 3.86. The first-order valence-electron chi connectivity index (χ1n) is 11.2. The molecule has 3 heterocycles. The number of benzene rings is 2. The number of nitrogens with zero attached hydrogens (tertiary/aromatic N) is 5. The van der Waals surface area contributed by atoms with Gasteiger partial charge in [-0.3, -0.25) is 0 Å². The molecule has 0 atom stereocenters. The Morgan fingerprint density at radius 1 is 1.09 bits per heavy atom. The van der Waals surface area contributed by atoms with E-state index in [-0.39, 0.29) is 0 Å². The molecule has 1 aliphatic heterocycles. The van der Waals surface area contributed by atoms with Crippen molar-refractivity contribution in [2.75, 3.05) is 48.7 Å². The van der Waals surface area contributed by atoms with Crippen LogP contribution in [0.1, 0.15) is 12.5 Å². The van der Waals surface area contributed by atoms with E-state index in [1.54, 1.807) is 6.20 Å². The first-order chi connectivity index (χ1) is 16.1. The summed E-state index contributed by atoms with van der Waals surface area (Å²) < 4.78 is 1.95. The Hall–Kier alpha value is -3.91. The zero-order valence-corrected chi connectivity index (χ0v) is 18.7. The quantitative estimate of drug-likeness (QED) is 0.311. The molecule has 1 saturated heterocycles. The van der Waals surface area contributed by atoms with Crippen molar-refractivity contribution in [3.05, 3.63) is 66.6 Å². The van der Waals surface area contributed by atoms with Crippen molar-refractivity contribution in [2.45, 2.75) is 6.92 Å². The van der Waals surface area contributed by atoms with Crippen molar-refractivity contribution in [3.8, 4) is 11.3 Å². The fraction of sp³-hybridized carbons (Fsp3) is 0.240. The van der Waals surface area contributed by atoms with Crippen LogP contribution in [0.5, 0.6) is 0 Å². The maximum absolute atomic E-state index is 7.46. The molecule has 0 amide bonds. The second-order valence-corrected chi connectivity index (χ2v) is 8.21. The molecule has 8 heteroatoms. The molecule has 0 bridgehead atoms. The number of hydrogen-bond acceptors (Lipinski definition) is 7. The van der Waals surface area contributed by atoms with Crippen LogP contribution < -0.4 is 16.0 Å². The number of rotatable bonds is 6. The van der Waals surface area contributed by atoms with Crippen molar-refractivity contribution >= 4 is 34.7 Å². The van der Waals surface area contributed by atoms with Crippen LogP contribution in [-0.4, -0.2) is 58.2 Å². The number of nitrogen functional groups attached to an aromatic ring is 1. The van der Waals surface area contributed by atoms with Gasteiger partial charge >= 0.3 is 0 Å². The molecule has 0 saturated carbocycles. The van der Waals surface area contributed by atoms with E-state index < -0.39 is 0 Å². The lowest BCUT2D eigenvalue weighted by Gasteiger charge is -2.35. The Kier molecular flexibility index (Phi) is 5.66. The Bertz CT molecular complexity index is 1270. The summed E-state index contributed by atoms with van der Waals surface area (Å²) in [4.78, 5) is 14.2. The minimum absolute atomic E-state index is 0.555. The zero-order valence-electron chi connectivity index (χ0n) is 18.7. The third kappa shape index (κ3) is 4.25. The Morgan fingerprint density at radius 2 is 1.88 bits per heavy atom. The van der Waals surface area contributed by atoms with Gasteiger partial charge in [0.25, 0.3) is 0 Å². The summed E-state index contributed by atoms with van der Waals surface area (Å²) in [6.45, 7) is 7.66. The summed E-state index contributed by atoms with van der Waals surface area (Å²) in [6, 6.07) is 14.1. The van der Waals surface area contributed by atoms with Crippen molar-refractivity contribution in [1.29, 1.82) is 5.41 Å². The highest BCUT2D eigenvalue weighted by atomic mass is 15.3. The highest BCUT2D eigenvalue weighted by Crippen LogP contribution is 2.27. The number of nitrogens with one attached hydrogen (secondary N) is 2. The van der Waals surface area contributed by atoms with Gasteiger partial charge in [0.15, 0.2) is 11.5 Å². The van der Waals surface area contributed by atoms with Crippen LogP contribution in [-0.2, 0) is 0 Å². The number of imidazole rings is 1. The van der Waals surface area contributed by atoms with E-state index in [1.165, 1.54) is 11.9 Å². The van der Waals surface area contributed by atoms with Crippen LogP contribution in [0.3, 0.4) is 0 Å². The molecular formula is C25H28N8. The highest BCUT2D eigenvalue weighted by Gasteiger charge is 2.16. The number of anilines is 4. The largest absolute Gasteiger partial charge is 0.398 e. The summed E-state index contributed by atoms with van der Waals surface area (Å²) in [6.07, 6.45) is 6.86. The van der Waals surface area contributed by atoms with Crippen molar-refractivity contribution in [1.82, 2.24) is 19.3 Å². The maximum Gasteiger partial charge on any atom is 0.180 e. The van der Waals surface area contributed by atoms with Crippen LogP contribution in [0.25, 0.3) is 16.9 Å². The average molecular weight is 441 g/mol. The molecule has 4 N–H and O–H groups in total. The van der Waals surface area contributed by atoms with Gasteiger partial charge in [-0.25, -0.2) is 9.97 Å². The molecule has 0 spiro atoms. The van der Waals surface area contributed by atoms with Crippen LogP contribution >= 0.6 is 0 Å². The van der Waals surface area contributed by atoms with Crippen LogP contribution in [0.2, 0.25) is 0 Å². The van der Waals surface area contributed by atoms with Crippen molar-refractivity contribution < 1.29 is 0 Å². The summed E-state index contributed by atoms with van der Waals surface area (Å²) >= 11 is 0. The molecule has 0 unspecified atom stereocenters. The van der Waals surface area contributed by atoms with Crippen molar-refractivity contribution in [2.24, 2.45) is 0 Å². The maximum atomic E-state index is 7.46. The van der Waals surface area contributed by atoms with Gasteiger partial charge < -0.3 is 30.7 Å². The van der Waals surface area contributed by atoms with Crippen molar-refractivity contribution in [3.63, 3.8) is 0 Å². The lowest BCUT2D eigenvalue weighted by atomic mass is 10.1. The molecule has 2 aromatic heterocycles. The standard InChI is InChI=1S/C25H28N8/c1-2-31-11-13-32(14-12-31)21-7-5-20(6-8-21)29-24-25-28-9-10-33(25)17-23(30-24)18-3-4-19(16-26)22(27)15-18/h3-10,15-17,26H,2,11-14,27H2,1H3,(H,29,30). The van der Waals surface area contributed by atoms with Gasteiger partial charge in [0.1, 0.15) is 0 Å². The van der Waals surface area contributed by atoms with E-state index in [0.29, 0.717) is 17.1 Å². The molecule has 1 fully saturated rings. The zero-order chi connectivity index (χ0) is 22.8. The van der Waals surface area contributed by atoms with Gasteiger partial charge in [0.2, 0.25) is 0 Å². The topological polar surface area (TPSA) is 98.6 Å². The first-order valence-corrected chi connectivity index (χ1v) is 11.2. The van der Waals surface area contributed by atoms with Gasteiger partial charge in [-0.2, -0.15) is 0 Å². The number of nitrogens with two attached hydrogens (primary N) is 1. The Balaban J connectivity index is 1.40. The van der Waals surface area contributed by atoms with E-state index in [4.69, 9.17) is 16.1 Å². The molecule has 168 valence electrons. The predicted molar refractivity (Wildman–Crippen MR) is 135 cm³/mol. The van der Waals surface area contributed by atoms with Gasteiger partial charge in [-0.1, -0.05) is 19.1 Å². The Morgan fingerprint density at radius 3 is 2.58 bits per heavy atom. The van der Waals surface area contributed by atoms with E-state index in [2.05, 4.69) is 51.3 Å². The molecule has 0 radical (unpaired) electrons. The number of likely N-dealkylation sites (N-methyl/N-ethyl adjacent to an activating group) is 1. The summed E-state index contributed by atoms with van der Waals surface area (Å²) in [5.74, 6) is 0.677. The lowest BCUT2D eigenvalue weighted by molar-refractivity contribution is 0.271. The number of fused-ring (bicyclic) bond motifs is 1. The van der Waals surface area contributed by atoms with Crippen LogP contribution in [0, 0.1) is 5.41 Å². The lowest BCUT2D eigenvalue weighted by Crippen LogP contribution is -2.46. The average Bonchev–Trinajstić information content (AvgIpc) is 3.34. The second kappa shape index (κ2) is 8.91. The van der Waals surface area contributed by atoms with E-state index in [0.717, 1.165) is 55.3 Å². The fourth-order valence-corrected chi connectivity index (χ4v) is 4.23. The van der Waals surface area contributed by atoms with Gasteiger partial charge in [0, 0.05) is 79.2 Å². The van der Waals surface area contributed by atoms with E-state index >= 15 is 0 Å². The Labute approximate surface area is 193 Å². The van der Waals surface area contributed by atoms with Gasteiger partial charge in [-0.15, -0.1) is 0 Å². The summed E-state index contributed by atoms with van der Waals surface area (Å²) in [5, 5.41) is 10.9. The van der Waals surface area contributed by atoms with Gasteiger partial charge in [0.05, 0.1) is 5.69 Å². The first kappa shape index (κ1) is 21.0. The smallest absolute Gasteiger partial charge is 0.180 e. The number of aromatic nitrogens is 3. The highest BCUT2D eigenvalue weighted by molar-refractivity contribution is 5.87. The second-order valence-electron chi connectivity index (χ2n) is 8.21. The van der Waals surface area contributed by atoms with Crippen LogP contribution in [0.4, 0.5) is 22.9 Å². The summed E-state index contributed by atoms with van der Waals surface area (Å²) in [7, 11) is 0. The van der Waals surface area contributed by atoms with Gasteiger partial charge in [-0.05, 0) is 36.9 Å². The molecule has 2 aromatic carbocycles. The number of piperazine rings is 1. The third-order valence-electron chi connectivity index (χ3n) is 6.23. The monoisotopic (exact) mass is 440 g/mol. The minimum Gasteiger partial charge on any atom is -0.398 e. The fourth-order valence-electron chi connectivity index (χ4n) is 4.23. The minimum atomic E-state index is 0.555.